The van der Waals surface area contributed by atoms with E-state index in [1.807, 2.05) is 30.3 Å². The van der Waals surface area contributed by atoms with E-state index < -0.39 is 41.6 Å². The van der Waals surface area contributed by atoms with Gasteiger partial charge in [0.05, 0.1) is 36.6 Å². The zero-order valence-corrected chi connectivity index (χ0v) is 21.5. The largest absolute Gasteiger partial charge is 0.390 e. The Morgan fingerprint density at radius 1 is 1.16 bits per heavy atom. The van der Waals surface area contributed by atoms with Crippen molar-refractivity contribution in [1.29, 1.82) is 0 Å². The van der Waals surface area contributed by atoms with Crippen LogP contribution in [0.4, 0.5) is 14.5 Å². The van der Waals surface area contributed by atoms with Gasteiger partial charge < -0.3 is 20.1 Å². The van der Waals surface area contributed by atoms with Crippen LogP contribution in [0.25, 0.3) is 0 Å². The van der Waals surface area contributed by atoms with Gasteiger partial charge in [-0.3, -0.25) is 9.59 Å². The third kappa shape index (κ3) is 6.07. The molecule has 3 aromatic carbocycles. The van der Waals surface area contributed by atoms with Gasteiger partial charge in [-0.15, -0.1) is 0 Å². The summed E-state index contributed by atoms with van der Waals surface area (Å²) in [5.74, 6) is -3.56. The monoisotopic (exact) mass is 541 g/mol. The number of carbonyl (C=O) groups is 2. The van der Waals surface area contributed by atoms with Gasteiger partial charge in [0.2, 0.25) is 12.1 Å². The number of hydrogen-bond acceptors (Lipinski definition) is 5. The fraction of sp³-hybridized carbons (Fsp3) is 0.250. The first-order valence-corrected chi connectivity index (χ1v) is 12.2. The minimum atomic E-state index is -1.27. The molecule has 198 valence electrons. The molecule has 1 heterocycles. The molecule has 0 fully saturated rings. The standard InChI is InChI=1S/C28H26ClF2N3O4/c1-16(24(35)15-38-14-18-8-10-20(30)13-22(18)31)27(36)33-26-28(37)34(2)23-11-9-19(29)12-21(23)25(32-26)17-6-4-3-5-7-17/h3-13,16,24,26,35H,14-15H2,1-2H3,(H,33,36)/t16?,24-,26?/m1/s1. The molecule has 0 spiro atoms. The number of anilines is 1. The number of amides is 2. The number of nitrogens with one attached hydrogen (secondary N) is 1. The second-order valence-corrected chi connectivity index (χ2v) is 9.36. The van der Waals surface area contributed by atoms with E-state index in [-0.39, 0.29) is 18.8 Å². The number of aliphatic hydroxyl groups is 1. The third-order valence-electron chi connectivity index (χ3n) is 6.28. The summed E-state index contributed by atoms with van der Waals surface area (Å²) in [6, 6.07) is 17.4. The van der Waals surface area contributed by atoms with Gasteiger partial charge in [-0.2, -0.15) is 0 Å². The van der Waals surface area contributed by atoms with Crippen molar-refractivity contribution in [3.05, 3.63) is 100 Å². The first-order valence-electron chi connectivity index (χ1n) is 11.9. The molecule has 0 aromatic heterocycles. The highest BCUT2D eigenvalue weighted by Gasteiger charge is 2.33. The summed E-state index contributed by atoms with van der Waals surface area (Å²) in [6.07, 6.45) is -2.52. The SMILES string of the molecule is CC(C(=O)NC1N=C(c2ccccc2)c2cc(Cl)ccc2N(C)C1=O)[C@H](O)COCc1ccc(F)cc1F. The smallest absolute Gasteiger partial charge is 0.272 e. The van der Waals surface area contributed by atoms with E-state index in [0.717, 1.165) is 17.7 Å². The summed E-state index contributed by atoms with van der Waals surface area (Å²) in [5.41, 5.74) is 2.53. The molecule has 3 atom stereocenters. The lowest BCUT2D eigenvalue weighted by Gasteiger charge is -2.23. The number of benzodiazepines with no additional fused rings is 1. The molecule has 0 bridgehead atoms. The highest BCUT2D eigenvalue weighted by Crippen LogP contribution is 2.30. The van der Waals surface area contributed by atoms with Gasteiger partial charge in [-0.05, 0) is 24.3 Å². The predicted molar refractivity (Wildman–Crippen MR) is 140 cm³/mol. The lowest BCUT2D eigenvalue weighted by atomic mass is 10.0. The molecule has 2 amide bonds. The van der Waals surface area contributed by atoms with Crippen molar-refractivity contribution >= 4 is 34.8 Å². The van der Waals surface area contributed by atoms with Crippen LogP contribution in [0.15, 0.2) is 71.7 Å². The van der Waals surface area contributed by atoms with Crippen LogP contribution in [0.1, 0.15) is 23.6 Å². The molecule has 4 rings (SSSR count). The van der Waals surface area contributed by atoms with E-state index >= 15 is 0 Å². The van der Waals surface area contributed by atoms with E-state index in [0.29, 0.717) is 22.0 Å². The van der Waals surface area contributed by atoms with Crippen molar-refractivity contribution in [3.63, 3.8) is 0 Å². The predicted octanol–water partition coefficient (Wildman–Crippen LogP) is 4.09. The number of aliphatic hydroxyl groups excluding tert-OH is 1. The van der Waals surface area contributed by atoms with Gasteiger partial charge in [0.25, 0.3) is 5.91 Å². The Bertz CT molecular complexity index is 1370. The Morgan fingerprint density at radius 3 is 2.61 bits per heavy atom. The molecular weight excluding hydrogens is 516 g/mol. The van der Waals surface area contributed by atoms with Crippen LogP contribution in [0, 0.1) is 17.6 Å². The number of benzene rings is 3. The van der Waals surface area contributed by atoms with Crippen molar-refractivity contribution in [1.82, 2.24) is 5.32 Å². The molecule has 0 radical (unpaired) electrons. The molecule has 0 aliphatic carbocycles. The zero-order chi connectivity index (χ0) is 27.4. The number of ether oxygens (including phenoxy) is 1. The van der Waals surface area contributed by atoms with Crippen LogP contribution >= 0.6 is 11.6 Å². The molecule has 7 nitrogen and oxygen atoms in total. The topological polar surface area (TPSA) is 91.2 Å². The van der Waals surface area contributed by atoms with Gasteiger partial charge >= 0.3 is 0 Å². The Kier molecular flexibility index (Phi) is 8.51. The average molecular weight is 542 g/mol. The van der Waals surface area contributed by atoms with Crippen LogP contribution in [-0.2, 0) is 20.9 Å². The molecule has 1 aliphatic rings. The summed E-state index contributed by atoms with van der Waals surface area (Å²) in [6.45, 7) is 0.977. The van der Waals surface area contributed by atoms with Crippen LogP contribution < -0.4 is 10.2 Å². The maximum atomic E-state index is 13.8. The number of rotatable bonds is 8. The van der Waals surface area contributed by atoms with E-state index in [1.54, 1.807) is 25.2 Å². The number of halogens is 3. The van der Waals surface area contributed by atoms with E-state index in [9.17, 15) is 23.5 Å². The number of hydrogen-bond donors (Lipinski definition) is 2. The molecular formula is C28H26ClF2N3O4. The average Bonchev–Trinajstić information content (AvgIpc) is 3.00. The summed E-state index contributed by atoms with van der Waals surface area (Å²) in [7, 11) is 1.58. The highest BCUT2D eigenvalue weighted by molar-refractivity contribution is 6.32. The van der Waals surface area contributed by atoms with Gasteiger partial charge in [-0.1, -0.05) is 54.9 Å². The van der Waals surface area contributed by atoms with Crippen LogP contribution in [-0.4, -0.2) is 48.6 Å². The first kappa shape index (κ1) is 27.4. The summed E-state index contributed by atoms with van der Waals surface area (Å²) < 4.78 is 32.2. The minimum Gasteiger partial charge on any atom is -0.390 e. The number of carbonyl (C=O) groups excluding carboxylic acids is 2. The van der Waals surface area contributed by atoms with Gasteiger partial charge in [-0.25, -0.2) is 13.8 Å². The molecule has 3 aromatic rings. The van der Waals surface area contributed by atoms with Crippen molar-refractivity contribution in [3.8, 4) is 0 Å². The van der Waals surface area contributed by atoms with E-state index in [2.05, 4.69) is 10.3 Å². The highest BCUT2D eigenvalue weighted by atomic mass is 35.5. The number of likely N-dealkylation sites (N-methyl/N-ethyl adjacent to an activating group) is 1. The summed E-state index contributed by atoms with van der Waals surface area (Å²) in [4.78, 5) is 32.3. The minimum absolute atomic E-state index is 0.116. The van der Waals surface area contributed by atoms with E-state index in [1.165, 1.54) is 17.9 Å². The van der Waals surface area contributed by atoms with Crippen molar-refractivity contribution in [2.24, 2.45) is 10.9 Å². The molecule has 10 heteroatoms. The number of nitrogens with zero attached hydrogens (tertiary/aromatic N) is 2. The van der Waals surface area contributed by atoms with Gasteiger partial charge in [0.15, 0.2) is 0 Å². The summed E-state index contributed by atoms with van der Waals surface area (Å²) in [5, 5.41) is 13.6. The lowest BCUT2D eigenvalue weighted by molar-refractivity contribution is -0.133. The Labute approximate surface area is 223 Å². The van der Waals surface area contributed by atoms with Crippen molar-refractivity contribution in [2.75, 3.05) is 18.6 Å². The van der Waals surface area contributed by atoms with Crippen LogP contribution in [0.2, 0.25) is 5.02 Å². The molecule has 38 heavy (non-hydrogen) atoms. The molecule has 1 aliphatic heterocycles. The fourth-order valence-electron chi connectivity index (χ4n) is 3.98. The normalized spacial score (nSPS) is 16.8. The second-order valence-electron chi connectivity index (χ2n) is 8.92. The maximum absolute atomic E-state index is 13.8. The Hall–Kier alpha value is -3.66. The number of fused-ring (bicyclic) bond motifs is 1. The third-order valence-corrected chi connectivity index (χ3v) is 6.51. The van der Waals surface area contributed by atoms with Crippen LogP contribution in [0.3, 0.4) is 0 Å². The molecule has 2 unspecified atom stereocenters. The molecule has 0 saturated carbocycles. The zero-order valence-electron chi connectivity index (χ0n) is 20.7. The number of aliphatic imine (C=N–C) groups is 1. The fourth-order valence-corrected chi connectivity index (χ4v) is 4.15. The Morgan fingerprint density at radius 2 is 1.89 bits per heavy atom. The first-order chi connectivity index (χ1) is 18.2. The van der Waals surface area contributed by atoms with Gasteiger partial charge in [0.1, 0.15) is 11.6 Å². The molecule has 2 N–H and O–H groups in total. The Balaban J connectivity index is 1.50. The molecule has 0 saturated heterocycles. The quantitative estimate of drug-likeness (QED) is 0.449. The second kappa shape index (κ2) is 11.8. The van der Waals surface area contributed by atoms with Gasteiger partial charge in [0, 0.05) is 34.8 Å². The van der Waals surface area contributed by atoms with E-state index in [4.69, 9.17) is 16.3 Å². The van der Waals surface area contributed by atoms with Crippen molar-refractivity contribution < 1.29 is 28.2 Å². The van der Waals surface area contributed by atoms with Crippen molar-refractivity contribution in [2.45, 2.75) is 25.8 Å². The van der Waals surface area contributed by atoms with Crippen LogP contribution in [0.5, 0.6) is 0 Å². The summed E-state index contributed by atoms with van der Waals surface area (Å²) >= 11 is 6.25. The lowest BCUT2D eigenvalue weighted by Crippen LogP contribution is -2.49. The maximum Gasteiger partial charge on any atom is 0.272 e.